The summed E-state index contributed by atoms with van der Waals surface area (Å²) in [6, 6.07) is 10.0. The molecule has 3 aromatic heterocycles. The van der Waals surface area contributed by atoms with E-state index in [0.717, 1.165) is 17.1 Å². The van der Waals surface area contributed by atoms with Gasteiger partial charge in [-0.15, -0.1) is 21.5 Å². The van der Waals surface area contributed by atoms with Crippen molar-refractivity contribution in [2.24, 2.45) is 0 Å². The molecular formula is C13H12N4O3S2. The fourth-order valence-corrected chi connectivity index (χ4v) is 3.67. The lowest BCUT2D eigenvalue weighted by atomic mass is 10.4. The molecule has 0 spiro atoms. The summed E-state index contributed by atoms with van der Waals surface area (Å²) < 4.78 is 31.9. The zero-order valence-electron chi connectivity index (χ0n) is 11.3. The minimum atomic E-state index is -3.60. The zero-order valence-corrected chi connectivity index (χ0v) is 12.9. The molecule has 0 bridgehead atoms. The molecule has 22 heavy (non-hydrogen) atoms. The van der Waals surface area contributed by atoms with Crippen LogP contribution in [0.3, 0.4) is 0 Å². The molecule has 0 radical (unpaired) electrons. The van der Waals surface area contributed by atoms with Crippen molar-refractivity contribution in [1.29, 1.82) is 0 Å². The predicted molar refractivity (Wildman–Crippen MR) is 83.2 cm³/mol. The van der Waals surface area contributed by atoms with Crippen molar-refractivity contribution in [3.05, 3.63) is 53.8 Å². The Hall–Kier alpha value is -2.39. The first-order valence-corrected chi connectivity index (χ1v) is 8.66. The van der Waals surface area contributed by atoms with Gasteiger partial charge in [-0.25, -0.2) is 8.42 Å². The van der Waals surface area contributed by atoms with Gasteiger partial charge in [-0.2, -0.15) is 0 Å². The highest BCUT2D eigenvalue weighted by atomic mass is 32.2. The second-order valence-electron chi connectivity index (χ2n) is 4.27. The number of nitrogens with one attached hydrogen (secondary N) is 2. The number of nitrogens with zero attached hydrogens (tertiary/aromatic N) is 2. The van der Waals surface area contributed by atoms with Crippen LogP contribution in [0.1, 0.15) is 5.76 Å². The van der Waals surface area contributed by atoms with E-state index in [1.54, 1.807) is 35.9 Å². The highest BCUT2D eigenvalue weighted by molar-refractivity contribution is 7.94. The van der Waals surface area contributed by atoms with E-state index in [9.17, 15) is 8.42 Å². The number of thiophene rings is 1. The summed E-state index contributed by atoms with van der Waals surface area (Å²) >= 11 is 1.14. The average Bonchev–Trinajstić information content (AvgIpc) is 3.20. The fraction of sp³-hybridized carbons (Fsp3) is 0.0769. The number of aromatic nitrogens is 2. The van der Waals surface area contributed by atoms with Gasteiger partial charge in [-0.1, -0.05) is 6.07 Å². The molecule has 0 atom stereocenters. The monoisotopic (exact) mass is 336 g/mol. The van der Waals surface area contributed by atoms with Crippen LogP contribution in [-0.2, 0) is 16.6 Å². The van der Waals surface area contributed by atoms with Crippen LogP contribution < -0.4 is 10.0 Å². The van der Waals surface area contributed by atoms with Gasteiger partial charge in [0.1, 0.15) is 15.8 Å². The quantitative estimate of drug-likeness (QED) is 0.718. The first kappa shape index (κ1) is 14.5. The summed E-state index contributed by atoms with van der Waals surface area (Å²) in [6.45, 7) is 0.474. The summed E-state index contributed by atoms with van der Waals surface area (Å²) in [5, 5.41) is 12.5. The molecule has 114 valence electrons. The van der Waals surface area contributed by atoms with Crippen molar-refractivity contribution < 1.29 is 12.8 Å². The van der Waals surface area contributed by atoms with Gasteiger partial charge in [0, 0.05) is 0 Å². The molecule has 2 N–H and O–H groups in total. The number of sulfonamides is 1. The van der Waals surface area contributed by atoms with Crippen LogP contribution in [0.2, 0.25) is 0 Å². The summed E-state index contributed by atoms with van der Waals surface area (Å²) in [7, 11) is -3.60. The summed E-state index contributed by atoms with van der Waals surface area (Å²) in [6.07, 6.45) is 1.59. The van der Waals surface area contributed by atoms with E-state index in [2.05, 4.69) is 20.2 Å². The highest BCUT2D eigenvalue weighted by Gasteiger charge is 2.15. The Labute approximate surface area is 131 Å². The lowest BCUT2D eigenvalue weighted by Crippen LogP contribution is -2.13. The lowest BCUT2D eigenvalue weighted by Gasteiger charge is -2.06. The molecule has 9 heteroatoms. The van der Waals surface area contributed by atoms with E-state index in [1.165, 1.54) is 6.07 Å². The van der Waals surface area contributed by atoms with Crippen LogP contribution in [0.25, 0.3) is 0 Å². The number of hydrogen-bond acceptors (Lipinski definition) is 7. The third-order valence-electron chi connectivity index (χ3n) is 2.69. The fourth-order valence-electron chi connectivity index (χ4n) is 1.68. The Kier molecular flexibility index (Phi) is 4.07. The molecule has 0 fully saturated rings. The molecule has 0 unspecified atom stereocenters. The van der Waals surface area contributed by atoms with Crippen molar-refractivity contribution in [3.8, 4) is 0 Å². The van der Waals surface area contributed by atoms with Gasteiger partial charge in [-0.3, -0.25) is 4.72 Å². The first-order valence-electron chi connectivity index (χ1n) is 6.30. The van der Waals surface area contributed by atoms with Crippen molar-refractivity contribution in [2.45, 2.75) is 10.8 Å². The van der Waals surface area contributed by atoms with E-state index >= 15 is 0 Å². The second kappa shape index (κ2) is 6.16. The molecule has 3 aromatic rings. The minimum absolute atomic E-state index is 0.164. The first-order chi connectivity index (χ1) is 10.6. The summed E-state index contributed by atoms with van der Waals surface area (Å²) in [5.74, 6) is 1.46. The third kappa shape index (κ3) is 3.43. The van der Waals surface area contributed by atoms with E-state index < -0.39 is 10.0 Å². The Bertz CT molecular complexity index is 813. The smallest absolute Gasteiger partial charge is 0.272 e. The van der Waals surface area contributed by atoms with Crippen LogP contribution >= 0.6 is 11.3 Å². The average molecular weight is 336 g/mol. The maximum atomic E-state index is 12.0. The van der Waals surface area contributed by atoms with Crippen LogP contribution in [0, 0.1) is 0 Å². The molecule has 0 aliphatic carbocycles. The summed E-state index contributed by atoms with van der Waals surface area (Å²) in [5.41, 5.74) is 0. The molecule has 0 amide bonds. The molecular weight excluding hydrogens is 324 g/mol. The molecule has 0 aliphatic heterocycles. The molecule has 0 saturated carbocycles. The Balaban J connectivity index is 1.64. The van der Waals surface area contributed by atoms with Crippen LogP contribution in [0.5, 0.6) is 0 Å². The van der Waals surface area contributed by atoms with Crippen LogP contribution in [-0.4, -0.2) is 18.6 Å². The predicted octanol–water partition coefficient (Wildman–Crippen LogP) is 2.54. The molecule has 0 saturated heterocycles. The van der Waals surface area contributed by atoms with Gasteiger partial charge in [0.2, 0.25) is 0 Å². The SMILES string of the molecule is O=S(=O)(Nc1ccc(NCc2ccco2)nn1)c1cccs1. The Morgan fingerprint density at radius 2 is 1.91 bits per heavy atom. The Morgan fingerprint density at radius 1 is 1.09 bits per heavy atom. The molecule has 0 aromatic carbocycles. The van der Waals surface area contributed by atoms with Crippen molar-refractivity contribution in [3.63, 3.8) is 0 Å². The zero-order chi connectivity index (χ0) is 15.4. The highest BCUT2D eigenvalue weighted by Crippen LogP contribution is 2.19. The van der Waals surface area contributed by atoms with Gasteiger partial charge in [-0.05, 0) is 35.7 Å². The summed E-state index contributed by atoms with van der Waals surface area (Å²) in [4.78, 5) is 0. The second-order valence-corrected chi connectivity index (χ2v) is 7.13. The van der Waals surface area contributed by atoms with E-state index in [4.69, 9.17) is 4.42 Å². The lowest BCUT2D eigenvalue weighted by molar-refractivity contribution is 0.517. The van der Waals surface area contributed by atoms with Gasteiger partial charge in [0.05, 0.1) is 12.8 Å². The number of rotatable bonds is 6. The maximum absolute atomic E-state index is 12.0. The van der Waals surface area contributed by atoms with E-state index in [1.807, 2.05) is 6.07 Å². The third-order valence-corrected chi connectivity index (χ3v) is 5.44. The number of hydrogen-bond donors (Lipinski definition) is 2. The van der Waals surface area contributed by atoms with Gasteiger partial charge in [0.25, 0.3) is 10.0 Å². The number of furan rings is 1. The normalized spacial score (nSPS) is 11.3. The minimum Gasteiger partial charge on any atom is -0.467 e. The van der Waals surface area contributed by atoms with Gasteiger partial charge < -0.3 is 9.73 Å². The van der Waals surface area contributed by atoms with Crippen LogP contribution in [0.4, 0.5) is 11.6 Å². The topological polar surface area (TPSA) is 97.1 Å². The molecule has 7 nitrogen and oxygen atoms in total. The standard InChI is InChI=1S/C13H12N4O3S2/c18-22(19,13-4-2-8-21-13)17-12-6-5-11(15-16-12)14-9-10-3-1-7-20-10/h1-8H,9H2,(H,14,15)(H,16,17). The van der Waals surface area contributed by atoms with Crippen molar-refractivity contribution in [2.75, 3.05) is 10.0 Å². The van der Waals surface area contributed by atoms with Crippen molar-refractivity contribution >= 4 is 33.0 Å². The van der Waals surface area contributed by atoms with Crippen molar-refractivity contribution in [1.82, 2.24) is 10.2 Å². The van der Waals surface area contributed by atoms with E-state index in [0.29, 0.717) is 12.4 Å². The largest absolute Gasteiger partial charge is 0.467 e. The molecule has 3 rings (SSSR count). The van der Waals surface area contributed by atoms with Gasteiger partial charge >= 0.3 is 0 Å². The molecule has 3 heterocycles. The maximum Gasteiger partial charge on any atom is 0.272 e. The number of anilines is 2. The van der Waals surface area contributed by atoms with Gasteiger partial charge in [0.15, 0.2) is 5.82 Å². The molecule has 0 aliphatic rings. The Morgan fingerprint density at radius 3 is 2.55 bits per heavy atom. The van der Waals surface area contributed by atoms with Crippen LogP contribution in [0.15, 0.2) is 56.7 Å². The van der Waals surface area contributed by atoms with E-state index in [-0.39, 0.29) is 10.0 Å².